The number of fused-ring (bicyclic) bond motifs is 5. The largest absolute Gasteiger partial charge is 0.317 e. The molecule has 2 heteroatoms. The Hall–Kier alpha value is -0.340. The van der Waals surface area contributed by atoms with Gasteiger partial charge in [0.15, 0.2) is 0 Å². The van der Waals surface area contributed by atoms with Crippen molar-refractivity contribution in [3.05, 3.63) is 11.6 Å². The van der Waals surface area contributed by atoms with Crippen LogP contribution in [-0.4, -0.2) is 26.2 Å². The van der Waals surface area contributed by atoms with Gasteiger partial charge in [0, 0.05) is 12.1 Å². The third kappa shape index (κ3) is 2.57. The van der Waals surface area contributed by atoms with Crippen molar-refractivity contribution < 1.29 is 0 Å². The first-order valence-electron chi connectivity index (χ1n) is 11.0. The minimum atomic E-state index is 0.504. The number of hydrogen-bond donors (Lipinski definition) is 2. The Morgan fingerprint density at radius 3 is 2.56 bits per heavy atom. The molecule has 4 aliphatic carbocycles. The summed E-state index contributed by atoms with van der Waals surface area (Å²) < 4.78 is 0. The van der Waals surface area contributed by atoms with Crippen LogP contribution in [0.4, 0.5) is 0 Å². The summed E-state index contributed by atoms with van der Waals surface area (Å²) in [7, 11) is 4.30. The number of rotatable bonds is 3. The van der Waals surface area contributed by atoms with E-state index in [1.165, 1.54) is 51.4 Å². The zero-order valence-corrected chi connectivity index (χ0v) is 17.2. The van der Waals surface area contributed by atoms with E-state index in [2.05, 4.69) is 51.6 Å². The molecule has 0 aromatic heterocycles. The monoisotopic (exact) mass is 344 g/mol. The van der Waals surface area contributed by atoms with Crippen molar-refractivity contribution in [2.75, 3.05) is 14.1 Å². The summed E-state index contributed by atoms with van der Waals surface area (Å²) in [4.78, 5) is 0. The van der Waals surface area contributed by atoms with Gasteiger partial charge in [0.05, 0.1) is 0 Å². The zero-order valence-electron chi connectivity index (χ0n) is 17.2. The van der Waals surface area contributed by atoms with Crippen LogP contribution in [0.25, 0.3) is 0 Å². The number of nitrogens with one attached hydrogen (secondary N) is 2. The van der Waals surface area contributed by atoms with Gasteiger partial charge < -0.3 is 10.6 Å². The van der Waals surface area contributed by atoms with Gasteiger partial charge in [-0.05, 0) is 107 Å². The van der Waals surface area contributed by atoms with E-state index in [9.17, 15) is 0 Å². The molecule has 0 spiro atoms. The summed E-state index contributed by atoms with van der Waals surface area (Å²) in [6.07, 6.45) is 14.0. The molecule has 3 saturated carbocycles. The lowest BCUT2D eigenvalue weighted by molar-refractivity contribution is -0.0467. The van der Waals surface area contributed by atoms with Gasteiger partial charge in [-0.3, -0.25) is 0 Å². The van der Waals surface area contributed by atoms with Crippen LogP contribution in [0.2, 0.25) is 0 Å². The van der Waals surface area contributed by atoms with Crippen LogP contribution in [-0.2, 0) is 0 Å². The third-order valence-corrected chi connectivity index (χ3v) is 9.64. The van der Waals surface area contributed by atoms with Crippen molar-refractivity contribution in [3.63, 3.8) is 0 Å². The Kier molecular flexibility index (Phi) is 4.60. The van der Waals surface area contributed by atoms with E-state index in [0.717, 1.165) is 29.7 Å². The van der Waals surface area contributed by atoms with Gasteiger partial charge in [0.2, 0.25) is 0 Å². The Bertz CT molecular complexity index is 540. The lowest BCUT2D eigenvalue weighted by Crippen LogP contribution is -2.52. The van der Waals surface area contributed by atoms with Crippen LogP contribution in [0, 0.1) is 34.5 Å². The van der Waals surface area contributed by atoms with Gasteiger partial charge >= 0.3 is 0 Å². The molecule has 3 fully saturated rings. The molecular weight excluding hydrogens is 304 g/mol. The van der Waals surface area contributed by atoms with Gasteiger partial charge in [-0.15, -0.1) is 0 Å². The lowest BCUT2D eigenvalue weighted by Gasteiger charge is -2.58. The van der Waals surface area contributed by atoms with Gasteiger partial charge in [-0.1, -0.05) is 25.5 Å². The summed E-state index contributed by atoms with van der Waals surface area (Å²) in [6, 6.07) is 1.39. The molecule has 142 valence electrons. The van der Waals surface area contributed by atoms with Gasteiger partial charge in [0.1, 0.15) is 0 Å². The van der Waals surface area contributed by atoms with E-state index in [1.54, 1.807) is 5.57 Å². The summed E-state index contributed by atoms with van der Waals surface area (Å²) in [6.45, 7) is 7.70. The van der Waals surface area contributed by atoms with E-state index in [0.29, 0.717) is 16.9 Å². The molecular formula is C23H40N2. The van der Waals surface area contributed by atoms with Crippen molar-refractivity contribution in [2.24, 2.45) is 34.5 Å². The Balaban J connectivity index is 1.61. The van der Waals surface area contributed by atoms with Crippen molar-refractivity contribution in [2.45, 2.75) is 84.2 Å². The predicted octanol–water partition coefficient (Wildman–Crippen LogP) is 4.76. The highest BCUT2D eigenvalue weighted by Crippen LogP contribution is 2.66. The maximum absolute atomic E-state index is 3.58. The average Bonchev–Trinajstić information content (AvgIpc) is 2.97. The maximum atomic E-state index is 3.58. The minimum Gasteiger partial charge on any atom is -0.317 e. The highest BCUT2D eigenvalue weighted by molar-refractivity contribution is 5.26. The molecule has 0 amide bonds. The summed E-state index contributed by atoms with van der Waals surface area (Å²) >= 11 is 0. The number of allylic oxidation sites excluding steroid dienone is 1. The molecule has 0 aromatic carbocycles. The van der Waals surface area contributed by atoms with E-state index in [-0.39, 0.29) is 0 Å². The second-order valence-corrected chi connectivity index (χ2v) is 10.3. The molecule has 2 N–H and O–H groups in total. The molecule has 0 aromatic rings. The highest BCUT2D eigenvalue weighted by atomic mass is 14.9. The van der Waals surface area contributed by atoms with E-state index < -0.39 is 0 Å². The van der Waals surface area contributed by atoms with Crippen LogP contribution in [0.5, 0.6) is 0 Å². The van der Waals surface area contributed by atoms with Crippen molar-refractivity contribution >= 4 is 0 Å². The molecule has 25 heavy (non-hydrogen) atoms. The highest BCUT2D eigenvalue weighted by Gasteiger charge is 2.59. The Morgan fingerprint density at radius 1 is 1.04 bits per heavy atom. The van der Waals surface area contributed by atoms with Crippen LogP contribution in [0.1, 0.15) is 72.1 Å². The fourth-order valence-corrected chi connectivity index (χ4v) is 7.97. The van der Waals surface area contributed by atoms with Crippen molar-refractivity contribution in [1.82, 2.24) is 10.6 Å². The number of hydrogen-bond acceptors (Lipinski definition) is 2. The summed E-state index contributed by atoms with van der Waals surface area (Å²) in [5, 5.41) is 7.13. The Labute approximate surface area is 155 Å². The van der Waals surface area contributed by atoms with Gasteiger partial charge in [0.25, 0.3) is 0 Å². The molecule has 0 saturated heterocycles. The van der Waals surface area contributed by atoms with Gasteiger partial charge in [-0.25, -0.2) is 0 Å². The first-order chi connectivity index (χ1) is 11.9. The average molecular weight is 345 g/mol. The van der Waals surface area contributed by atoms with Gasteiger partial charge in [-0.2, -0.15) is 0 Å². The van der Waals surface area contributed by atoms with Crippen molar-refractivity contribution in [3.8, 4) is 0 Å². The van der Waals surface area contributed by atoms with Crippen LogP contribution in [0.15, 0.2) is 11.6 Å². The maximum Gasteiger partial charge on any atom is 0.0102 e. The molecule has 0 aliphatic heterocycles. The van der Waals surface area contributed by atoms with Crippen LogP contribution < -0.4 is 10.6 Å². The SMILES string of the molecule is CNC(C)[C@H]1CC[C@H]2[C@@H]3CC=C4C[C@@H](NC)CC[C@]4(C)[C@H]3CC[C@]12C. The van der Waals surface area contributed by atoms with Crippen LogP contribution in [0.3, 0.4) is 0 Å². The molecule has 2 nitrogen and oxygen atoms in total. The molecule has 4 aliphatic rings. The summed E-state index contributed by atoms with van der Waals surface area (Å²) in [5.41, 5.74) is 2.89. The minimum absolute atomic E-state index is 0.504. The van der Waals surface area contributed by atoms with E-state index in [1.807, 2.05) is 0 Å². The predicted molar refractivity (Wildman–Crippen MR) is 107 cm³/mol. The standard InChI is InChI=1S/C23H40N2/c1-15(24-4)19-8-9-20-18-7-6-16-14-17(25-5)10-12-22(16,2)21(18)11-13-23(19,20)3/h6,15,17-21,24-25H,7-14H2,1-5H3/t15?,17-,18-,19+,20-,21-,22-,23+/m0/s1. The van der Waals surface area contributed by atoms with E-state index >= 15 is 0 Å². The summed E-state index contributed by atoms with van der Waals surface area (Å²) in [5.74, 6) is 3.74. The van der Waals surface area contributed by atoms with Crippen LogP contribution >= 0.6 is 0 Å². The molecule has 0 radical (unpaired) electrons. The molecule has 1 unspecified atom stereocenters. The molecule has 4 rings (SSSR count). The lowest BCUT2D eigenvalue weighted by atomic mass is 9.47. The molecule has 0 bridgehead atoms. The Morgan fingerprint density at radius 2 is 1.84 bits per heavy atom. The van der Waals surface area contributed by atoms with Crippen molar-refractivity contribution in [1.29, 1.82) is 0 Å². The first kappa shape index (κ1) is 18.0. The first-order valence-corrected chi connectivity index (χ1v) is 11.0. The second kappa shape index (κ2) is 6.37. The molecule has 0 heterocycles. The zero-order chi connectivity index (χ0) is 17.8. The normalized spacial score (nSPS) is 50.4. The second-order valence-electron chi connectivity index (χ2n) is 10.3. The fraction of sp³-hybridized carbons (Fsp3) is 0.913. The smallest absolute Gasteiger partial charge is 0.0102 e. The quantitative estimate of drug-likeness (QED) is 0.721. The third-order valence-electron chi connectivity index (χ3n) is 9.64. The molecule has 8 atom stereocenters. The topological polar surface area (TPSA) is 24.1 Å². The van der Waals surface area contributed by atoms with E-state index in [4.69, 9.17) is 0 Å². The fourth-order valence-electron chi connectivity index (χ4n) is 7.97.